The number of anilines is 1. The van der Waals surface area contributed by atoms with E-state index in [1.807, 2.05) is 6.92 Å². The average molecular weight is 380 g/mol. The highest BCUT2D eigenvalue weighted by atomic mass is 32.2. The predicted octanol–water partition coefficient (Wildman–Crippen LogP) is 2.20. The Kier molecular flexibility index (Phi) is 4.35. The molecule has 142 valence electrons. The third kappa shape index (κ3) is 3.16. The third-order valence-electron chi connectivity index (χ3n) is 5.65. The molecule has 1 aliphatic carbocycles. The molecule has 0 aromatic heterocycles. The van der Waals surface area contributed by atoms with Gasteiger partial charge in [-0.1, -0.05) is 13.3 Å². The Hall–Kier alpha value is -1.80. The summed E-state index contributed by atoms with van der Waals surface area (Å²) in [5.41, 5.74) is 0.492. The lowest BCUT2D eigenvalue weighted by Crippen LogP contribution is -2.32. The van der Waals surface area contributed by atoms with E-state index in [4.69, 9.17) is 9.47 Å². The minimum absolute atomic E-state index is 0.0447. The Labute approximate surface area is 153 Å². The van der Waals surface area contributed by atoms with Crippen molar-refractivity contribution in [2.24, 2.45) is 11.3 Å². The van der Waals surface area contributed by atoms with Crippen molar-refractivity contribution in [2.75, 3.05) is 31.0 Å². The van der Waals surface area contributed by atoms with Gasteiger partial charge in [-0.05, 0) is 36.8 Å². The molecule has 2 heterocycles. The number of ether oxygens (including phenoxy) is 2. The van der Waals surface area contributed by atoms with Gasteiger partial charge in [-0.25, -0.2) is 12.7 Å². The molecule has 1 spiro atoms. The molecule has 0 bridgehead atoms. The van der Waals surface area contributed by atoms with E-state index in [-0.39, 0.29) is 29.8 Å². The molecule has 1 saturated carbocycles. The number of carbonyl (C=O) groups is 1. The molecule has 1 aromatic carbocycles. The molecule has 2 aliphatic heterocycles. The lowest BCUT2D eigenvalue weighted by Gasteiger charge is -2.16. The summed E-state index contributed by atoms with van der Waals surface area (Å²) in [4.78, 5) is 12.6. The fourth-order valence-electron chi connectivity index (χ4n) is 3.92. The zero-order valence-corrected chi connectivity index (χ0v) is 15.7. The number of hydrogen-bond donors (Lipinski definition) is 1. The summed E-state index contributed by atoms with van der Waals surface area (Å²) in [6, 6.07) is 5.32. The Bertz CT molecular complexity index is 825. The molecule has 1 saturated heterocycles. The summed E-state index contributed by atoms with van der Waals surface area (Å²) in [5, 5.41) is 2.93. The molecule has 7 nitrogen and oxygen atoms in total. The number of benzene rings is 1. The Morgan fingerprint density at radius 2 is 2.15 bits per heavy atom. The fourth-order valence-corrected chi connectivity index (χ4v) is 5.66. The van der Waals surface area contributed by atoms with Gasteiger partial charge in [0.05, 0.1) is 5.75 Å². The summed E-state index contributed by atoms with van der Waals surface area (Å²) >= 11 is 0. The number of fused-ring (bicyclic) bond motifs is 1. The van der Waals surface area contributed by atoms with Crippen LogP contribution in [0.15, 0.2) is 18.2 Å². The van der Waals surface area contributed by atoms with Crippen molar-refractivity contribution in [1.82, 2.24) is 4.31 Å². The maximum atomic E-state index is 12.6. The van der Waals surface area contributed by atoms with Gasteiger partial charge < -0.3 is 14.8 Å². The Balaban J connectivity index is 1.37. The van der Waals surface area contributed by atoms with E-state index < -0.39 is 10.0 Å². The number of carbonyl (C=O) groups excluding carboxylic acids is 1. The van der Waals surface area contributed by atoms with E-state index >= 15 is 0 Å². The SMILES string of the molecule is CCCCS(=O)(=O)N1CC[C@]2(C[C@H]2C(=O)Nc2ccc3c(c2)OCO3)C1. The van der Waals surface area contributed by atoms with Crippen molar-refractivity contribution < 1.29 is 22.7 Å². The van der Waals surface area contributed by atoms with E-state index in [0.29, 0.717) is 36.7 Å². The first-order valence-corrected chi connectivity index (χ1v) is 10.7. The van der Waals surface area contributed by atoms with Gasteiger partial charge in [0.25, 0.3) is 0 Å². The molecular formula is C18H24N2O5S. The Morgan fingerprint density at radius 3 is 2.96 bits per heavy atom. The number of unbranched alkanes of at least 4 members (excludes halogenated alkanes) is 1. The summed E-state index contributed by atoms with van der Waals surface area (Å²) in [5.74, 6) is 1.33. The van der Waals surface area contributed by atoms with Crippen LogP contribution in [0.4, 0.5) is 5.69 Å². The van der Waals surface area contributed by atoms with E-state index in [0.717, 1.165) is 19.3 Å². The quantitative estimate of drug-likeness (QED) is 0.818. The van der Waals surface area contributed by atoms with Crippen LogP contribution in [0.5, 0.6) is 11.5 Å². The molecule has 26 heavy (non-hydrogen) atoms. The van der Waals surface area contributed by atoms with Gasteiger partial charge in [0.1, 0.15) is 0 Å². The maximum absolute atomic E-state index is 12.6. The number of sulfonamides is 1. The molecule has 0 unspecified atom stereocenters. The van der Waals surface area contributed by atoms with Gasteiger partial charge in [-0.2, -0.15) is 0 Å². The van der Waals surface area contributed by atoms with Gasteiger partial charge in [0, 0.05) is 30.8 Å². The van der Waals surface area contributed by atoms with Crippen molar-refractivity contribution in [3.05, 3.63) is 18.2 Å². The minimum Gasteiger partial charge on any atom is -0.454 e. The van der Waals surface area contributed by atoms with Crippen LogP contribution in [-0.2, 0) is 14.8 Å². The van der Waals surface area contributed by atoms with Crippen LogP contribution in [-0.4, -0.2) is 44.3 Å². The first-order valence-electron chi connectivity index (χ1n) is 9.12. The third-order valence-corrected chi connectivity index (χ3v) is 7.55. The monoisotopic (exact) mass is 380 g/mol. The van der Waals surface area contributed by atoms with Crippen LogP contribution in [0, 0.1) is 11.3 Å². The molecule has 2 fully saturated rings. The number of hydrogen-bond acceptors (Lipinski definition) is 5. The molecule has 8 heteroatoms. The lowest BCUT2D eigenvalue weighted by atomic mass is 10.0. The molecule has 4 rings (SSSR count). The lowest BCUT2D eigenvalue weighted by molar-refractivity contribution is -0.118. The number of rotatable bonds is 6. The topological polar surface area (TPSA) is 84.9 Å². The van der Waals surface area contributed by atoms with E-state index in [2.05, 4.69) is 5.32 Å². The maximum Gasteiger partial charge on any atom is 0.231 e. The molecule has 0 radical (unpaired) electrons. The molecule has 3 aliphatic rings. The second kappa shape index (κ2) is 6.42. The number of nitrogens with zero attached hydrogens (tertiary/aromatic N) is 1. The van der Waals surface area contributed by atoms with Crippen LogP contribution in [0.25, 0.3) is 0 Å². The van der Waals surface area contributed by atoms with Gasteiger partial charge in [-0.3, -0.25) is 4.79 Å². The van der Waals surface area contributed by atoms with Crippen LogP contribution < -0.4 is 14.8 Å². The summed E-state index contributed by atoms with van der Waals surface area (Å²) in [6.45, 7) is 3.18. The van der Waals surface area contributed by atoms with Crippen LogP contribution >= 0.6 is 0 Å². The Morgan fingerprint density at radius 1 is 1.35 bits per heavy atom. The second-order valence-corrected chi connectivity index (χ2v) is 9.52. The smallest absolute Gasteiger partial charge is 0.231 e. The van der Waals surface area contributed by atoms with E-state index in [1.165, 1.54) is 0 Å². The molecule has 1 aromatic rings. The zero-order chi connectivity index (χ0) is 18.4. The standard InChI is InChI=1S/C18H24N2O5S/c1-2-3-8-26(22,23)20-7-6-18(11-20)10-14(18)17(21)19-13-4-5-15-16(9-13)25-12-24-15/h4-5,9,14H,2-3,6-8,10-12H2,1H3,(H,19,21)/t14-,18-/m0/s1. The number of amides is 1. The van der Waals surface area contributed by atoms with E-state index in [1.54, 1.807) is 22.5 Å². The molecule has 2 atom stereocenters. The van der Waals surface area contributed by atoms with Crippen molar-refractivity contribution >= 4 is 21.6 Å². The molecule has 1 amide bonds. The fraction of sp³-hybridized carbons (Fsp3) is 0.611. The van der Waals surface area contributed by atoms with Crippen molar-refractivity contribution in [1.29, 1.82) is 0 Å². The highest BCUT2D eigenvalue weighted by Gasteiger charge is 2.62. The highest BCUT2D eigenvalue weighted by molar-refractivity contribution is 7.89. The van der Waals surface area contributed by atoms with Crippen molar-refractivity contribution in [2.45, 2.75) is 32.6 Å². The van der Waals surface area contributed by atoms with Crippen LogP contribution in [0.1, 0.15) is 32.6 Å². The van der Waals surface area contributed by atoms with Crippen LogP contribution in [0.3, 0.4) is 0 Å². The number of nitrogens with one attached hydrogen (secondary N) is 1. The molecular weight excluding hydrogens is 356 g/mol. The largest absolute Gasteiger partial charge is 0.454 e. The van der Waals surface area contributed by atoms with Gasteiger partial charge in [0.15, 0.2) is 11.5 Å². The second-order valence-electron chi connectivity index (χ2n) is 7.43. The summed E-state index contributed by atoms with van der Waals surface area (Å²) in [7, 11) is -3.20. The first kappa shape index (κ1) is 17.6. The van der Waals surface area contributed by atoms with Gasteiger partial charge in [-0.15, -0.1) is 0 Å². The average Bonchev–Trinajstić information content (AvgIpc) is 2.95. The minimum atomic E-state index is -3.20. The van der Waals surface area contributed by atoms with Gasteiger partial charge >= 0.3 is 0 Å². The molecule has 1 N–H and O–H groups in total. The summed E-state index contributed by atoms with van der Waals surface area (Å²) in [6.07, 6.45) is 3.05. The van der Waals surface area contributed by atoms with Crippen molar-refractivity contribution in [3.8, 4) is 11.5 Å². The zero-order valence-electron chi connectivity index (χ0n) is 14.9. The van der Waals surface area contributed by atoms with Crippen molar-refractivity contribution in [3.63, 3.8) is 0 Å². The van der Waals surface area contributed by atoms with Gasteiger partial charge in [0.2, 0.25) is 22.7 Å². The highest BCUT2D eigenvalue weighted by Crippen LogP contribution is 2.59. The normalized spacial score (nSPS) is 27.0. The van der Waals surface area contributed by atoms with Crippen LogP contribution in [0.2, 0.25) is 0 Å². The first-order chi connectivity index (χ1) is 12.4. The summed E-state index contributed by atoms with van der Waals surface area (Å²) < 4.78 is 36.9. The van der Waals surface area contributed by atoms with E-state index in [9.17, 15) is 13.2 Å². The predicted molar refractivity (Wildman–Crippen MR) is 96.6 cm³/mol.